The number of aryl methyl sites for hydroxylation is 2. The van der Waals surface area contributed by atoms with Crippen molar-refractivity contribution in [1.82, 2.24) is 0 Å². The molecular formula is C28H35O2P. The fourth-order valence-corrected chi connectivity index (χ4v) is 6.31. The molecule has 0 amide bonds. The molecule has 0 saturated heterocycles. The smallest absolute Gasteiger partial charge is 0.126 e. The fraction of sp³-hybridized carbons (Fsp3) is 0.357. The Balaban J connectivity index is 2.39. The van der Waals surface area contributed by atoms with Gasteiger partial charge in [0.15, 0.2) is 0 Å². The molecule has 31 heavy (non-hydrogen) atoms. The van der Waals surface area contributed by atoms with E-state index in [9.17, 15) is 10.2 Å². The molecule has 0 atom stereocenters. The van der Waals surface area contributed by atoms with Crippen molar-refractivity contribution in [3.8, 4) is 11.5 Å². The van der Waals surface area contributed by atoms with Gasteiger partial charge in [-0.15, -0.1) is 0 Å². The average Bonchev–Trinajstić information content (AvgIpc) is 2.67. The molecule has 3 rings (SSSR count). The maximum Gasteiger partial charge on any atom is 0.126 e. The van der Waals surface area contributed by atoms with Crippen molar-refractivity contribution >= 4 is 23.8 Å². The normalized spacial score (nSPS) is 12.4. The molecule has 2 N–H and O–H groups in total. The van der Waals surface area contributed by atoms with Gasteiger partial charge in [-0.1, -0.05) is 84.0 Å². The molecule has 0 radical (unpaired) electrons. The Morgan fingerprint density at radius 2 is 1.00 bits per heavy atom. The summed E-state index contributed by atoms with van der Waals surface area (Å²) in [7, 11) is -1.15. The van der Waals surface area contributed by atoms with Crippen molar-refractivity contribution in [2.24, 2.45) is 0 Å². The Morgan fingerprint density at radius 1 is 0.613 bits per heavy atom. The van der Waals surface area contributed by atoms with E-state index in [1.54, 1.807) is 0 Å². The maximum atomic E-state index is 11.2. The van der Waals surface area contributed by atoms with Gasteiger partial charge in [-0.3, -0.25) is 0 Å². The van der Waals surface area contributed by atoms with Crippen LogP contribution in [-0.4, -0.2) is 10.2 Å². The largest absolute Gasteiger partial charge is 0.507 e. The third-order valence-electron chi connectivity index (χ3n) is 5.79. The first-order valence-electron chi connectivity index (χ1n) is 10.8. The summed E-state index contributed by atoms with van der Waals surface area (Å²) in [6.45, 7) is 17.1. The lowest BCUT2D eigenvalue weighted by Gasteiger charge is -2.28. The summed E-state index contributed by atoms with van der Waals surface area (Å²) in [6.07, 6.45) is 0. The van der Waals surface area contributed by atoms with Gasteiger partial charge in [0, 0.05) is 10.6 Å². The molecule has 0 fully saturated rings. The molecule has 3 aromatic carbocycles. The second-order valence-corrected chi connectivity index (χ2v) is 12.6. The molecule has 0 unspecified atom stereocenters. The number of phenols is 2. The predicted molar refractivity (Wildman–Crippen MR) is 135 cm³/mol. The molecule has 0 heterocycles. The molecule has 0 aliphatic carbocycles. The van der Waals surface area contributed by atoms with Gasteiger partial charge in [0.25, 0.3) is 0 Å². The molecule has 0 bridgehead atoms. The summed E-state index contributed by atoms with van der Waals surface area (Å²) in [5.74, 6) is 0.641. The minimum atomic E-state index is -1.15. The van der Waals surface area contributed by atoms with E-state index in [-0.39, 0.29) is 10.8 Å². The molecule has 0 spiro atoms. The number of hydrogen-bond donors (Lipinski definition) is 2. The fourth-order valence-electron chi connectivity index (χ4n) is 3.71. The van der Waals surface area contributed by atoms with E-state index in [1.807, 2.05) is 32.0 Å². The lowest BCUT2D eigenvalue weighted by atomic mass is 9.86. The van der Waals surface area contributed by atoms with Crippen molar-refractivity contribution in [3.63, 3.8) is 0 Å². The van der Waals surface area contributed by atoms with Crippen molar-refractivity contribution < 1.29 is 10.2 Å². The van der Waals surface area contributed by atoms with Crippen LogP contribution in [-0.2, 0) is 10.8 Å². The Bertz CT molecular complexity index is 1020. The van der Waals surface area contributed by atoms with Crippen molar-refractivity contribution in [2.45, 2.75) is 66.2 Å². The van der Waals surface area contributed by atoms with Gasteiger partial charge in [0.2, 0.25) is 0 Å². The summed E-state index contributed by atoms with van der Waals surface area (Å²) in [6, 6.07) is 18.7. The van der Waals surface area contributed by atoms with Crippen molar-refractivity contribution in [1.29, 1.82) is 0 Å². The molecule has 2 nitrogen and oxygen atoms in total. The second-order valence-electron chi connectivity index (χ2n) is 10.5. The molecule has 0 aliphatic rings. The van der Waals surface area contributed by atoms with Crippen LogP contribution >= 0.6 is 7.92 Å². The Kier molecular flexibility index (Phi) is 6.27. The van der Waals surface area contributed by atoms with Crippen LogP contribution in [0.3, 0.4) is 0 Å². The van der Waals surface area contributed by atoms with Gasteiger partial charge in [0.1, 0.15) is 11.5 Å². The quantitative estimate of drug-likeness (QED) is 0.491. The highest BCUT2D eigenvalue weighted by Crippen LogP contribution is 2.43. The third-order valence-corrected chi connectivity index (χ3v) is 8.25. The highest BCUT2D eigenvalue weighted by atomic mass is 31.1. The van der Waals surface area contributed by atoms with Crippen LogP contribution in [0.25, 0.3) is 0 Å². The molecular weight excluding hydrogens is 399 g/mol. The first kappa shape index (κ1) is 23.4. The van der Waals surface area contributed by atoms with Crippen LogP contribution in [0.5, 0.6) is 11.5 Å². The Hall–Kier alpha value is -2.31. The van der Waals surface area contributed by atoms with Gasteiger partial charge >= 0.3 is 0 Å². The van der Waals surface area contributed by atoms with Crippen LogP contribution in [0.1, 0.15) is 63.8 Å². The minimum absolute atomic E-state index is 0.0455. The van der Waals surface area contributed by atoms with Gasteiger partial charge in [-0.25, -0.2) is 0 Å². The second kappa shape index (κ2) is 8.32. The van der Waals surface area contributed by atoms with Gasteiger partial charge in [-0.05, 0) is 72.3 Å². The zero-order valence-electron chi connectivity index (χ0n) is 20.0. The third kappa shape index (κ3) is 4.80. The SMILES string of the molecule is Cc1cc(C(C)(C)C)cc(P(c2ccccc2)c2cc(C(C)(C)C)cc(C)c2O)c1O. The highest BCUT2D eigenvalue weighted by Gasteiger charge is 2.28. The molecule has 3 aromatic rings. The molecule has 164 valence electrons. The van der Waals surface area contributed by atoms with Crippen LogP contribution in [0.2, 0.25) is 0 Å². The summed E-state index contributed by atoms with van der Waals surface area (Å²) >= 11 is 0. The van der Waals surface area contributed by atoms with E-state index < -0.39 is 7.92 Å². The first-order chi connectivity index (χ1) is 14.3. The topological polar surface area (TPSA) is 40.5 Å². The van der Waals surface area contributed by atoms with Crippen molar-refractivity contribution in [3.05, 3.63) is 76.9 Å². The lowest BCUT2D eigenvalue weighted by molar-refractivity contribution is 0.473. The average molecular weight is 435 g/mol. The van der Waals surface area contributed by atoms with Gasteiger partial charge in [0.05, 0.1) is 0 Å². The number of rotatable bonds is 3. The Morgan fingerprint density at radius 3 is 1.35 bits per heavy atom. The standard InChI is InChI=1S/C28H35O2P/c1-18-14-20(27(3,4)5)16-23(25(18)29)31(22-12-10-9-11-13-22)24-17-21(28(6,7)8)15-19(2)26(24)30/h9-17,29-30H,1-8H3. The number of hydrogen-bond acceptors (Lipinski definition) is 2. The minimum Gasteiger partial charge on any atom is -0.507 e. The van der Waals surface area contributed by atoms with E-state index in [1.165, 1.54) is 11.1 Å². The lowest BCUT2D eigenvalue weighted by Crippen LogP contribution is -2.25. The zero-order chi connectivity index (χ0) is 23.1. The van der Waals surface area contributed by atoms with E-state index in [2.05, 4.69) is 77.9 Å². The number of phenolic OH excluding ortho intramolecular Hbond substituents is 2. The van der Waals surface area contributed by atoms with Crippen LogP contribution < -0.4 is 15.9 Å². The molecule has 0 aromatic heterocycles. The summed E-state index contributed by atoms with van der Waals surface area (Å²) in [5.41, 5.74) is 4.02. The van der Waals surface area contributed by atoms with E-state index >= 15 is 0 Å². The summed E-state index contributed by atoms with van der Waals surface area (Å²) in [5, 5.41) is 25.3. The van der Waals surface area contributed by atoms with Crippen LogP contribution in [0.15, 0.2) is 54.6 Å². The maximum absolute atomic E-state index is 11.2. The monoisotopic (exact) mass is 434 g/mol. The number of aromatic hydroxyl groups is 2. The molecule has 0 aliphatic heterocycles. The molecule has 0 saturated carbocycles. The summed E-state index contributed by atoms with van der Waals surface area (Å²) < 4.78 is 0. The van der Waals surface area contributed by atoms with Crippen molar-refractivity contribution in [2.75, 3.05) is 0 Å². The van der Waals surface area contributed by atoms with E-state index in [0.29, 0.717) is 11.5 Å². The van der Waals surface area contributed by atoms with Gasteiger partial charge < -0.3 is 10.2 Å². The zero-order valence-corrected chi connectivity index (χ0v) is 20.9. The van der Waals surface area contributed by atoms with Crippen LogP contribution in [0.4, 0.5) is 0 Å². The highest BCUT2D eigenvalue weighted by molar-refractivity contribution is 7.80. The Labute approximate surface area is 188 Å². The predicted octanol–water partition coefficient (Wildman–Crippen LogP) is 6.07. The molecule has 3 heteroatoms. The van der Waals surface area contributed by atoms with Crippen LogP contribution in [0, 0.1) is 13.8 Å². The van der Waals surface area contributed by atoms with Gasteiger partial charge in [-0.2, -0.15) is 0 Å². The van der Waals surface area contributed by atoms with E-state index in [0.717, 1.165) is 27.0 Å². The first-order valence-corrected chi connectivity index (χ1v) is 12.2. The number of benzene rings is 3. The summed E-state index contributed by atoms with van der Waals surface area (Å²) in [4.78, 5) is 0. The van der Waals surface area contributed by atoms with E-state index in [4.69, 9.17) is 0 Å².